The highest BCUT2D eigenvalue weighted by Gasteiger charge is 2.41. The van der Waals surface area contributed by atoms with Gasteiger partial charge in [0.25, 0.3) is 0 Å². The number of hydrogen-bond donors (Lipinski definition) is 0. The van der Waals surface area contributed by atoms with Crippen LogP contribution in [0.25, 0.3) is 21.8 Å². The molecule has 0 saturated heterocycles. The minimum Gasteiger partial charge on any atom is -0.495 e. The van der Waals surface area contributed by atoms with E-state index >= 15 is 0 Å². The topological polar surface area (TPSA) is 38.3 Å². The Morgan fingerprint density at radius 3 is 2.57 bits per heavy atom. The van der Waals surface area contributed by atoms with E-state index in [9.17, 15) is 4.79 Å². The molecule has 0 radical (unpaired) electrons. The summed E-state index contributed by atoms with van der Waals surface area (Å²) in [6.07, 6.45) is 4.23. The van der Waals surface area contributed by atoms with Gasteiger partial charge in [0.05, 0.1) is 19.3 Å². The number of fused-ring (bicyclic) bond motifs is 7. The summed E-state index contributed by atoms with van der Waals surface area (Å²) in [5.41, 5.74) is 11.0. The van der Waals surface area contributed by atoms with E-state index < -0.39 is 0 Å². The molecule has 0 N–H and O–H groups in total. The Bertz CT molecular complexity index is 2180. The van der Waals surface area contributed by atoms with Crippen LogP contribution in [-0.4, -0.2) is 30.5 Å². The molecular weight excluding hydrogens is 646 g/mol. The number of ether oxygens (including phenoxy) is 1. The van der Waals surface area contributed by atoms with Gasteiger partial charge in [0.15, 0.2) is 17.6 Å². The Balaban J connectivity index is 1.06. The number of halogens is 1. The van der Waals surface area contributed by atoms with Crippen LogP contribution < -0.4 is 14.2 Å². The number of aromatic nitrogens is 2. The average molecular weight is 686 g/mol. The summed E-state index contributed by atoms with van der Waals surface area (Å²) in [4.78, 5) is 16.2. The molecule has 0 saturated carbocycles. The number of aryl methyl sites for hydroxylation is 3. The Morgan fingerprint density at radius 1 is 0.894 bits per heavy atom. The van der Waals surface area contributed by atoms with Gasteiger partial charge in [-0.1, -0.05) is 70.5 Å². The molecule has 5 nitrogen and oxygen atoms in total. The lowest BCUT2D eigenvalue weighted by atomic mass is 9.81. The minimum atomic E-state index is 0.120. The average Bonchev–Trinajstić information content (AvgIpc) is 3.60. The van der Waals surface area contributed by atoms with Crippen LogP contribution >= 0.6 is 15.9 Å². The zero-order valence-corrected chi connectivity index (χ0v) is 28.8. The fourth-order valence-corrected chi connectivity index (χ4v) is 8.42. The van der Waals surface area contributed by atoms with Crippen LogP contribution in [0.1, 0.15) is 50.5 Å². The normalized spacial score (nSPS) is 16.7. The van der Waals surface area contributed by atoms with Gasteiger partial charge in [0, 0.05) is 35.5 Å². The van der Waals surface area contributed by atoms with Crippen LogP contribution in [0, 0.1) is 19.8 Å². The van der Waals surface area contributed by atoms with Crippen molar-refractivity contribution in [2.45, 2.75) is 45.7 Å². The molecule has 8 rings (SSSR count). The highest BCUT2D eigenvalue weighted by atomic mass is 79.9. The van der Waals surface area contributed by atoms with Crippen LogP contribution in [0.15, 0.2) is 102 Å². The third-order valence-corrected chi connectivity index (χ3v) is 10.9. The van der Waals surface area contributed by atoms with Crippen molar-refractivity contribution in [1.29, 1.82) is 0 Å². The van der Waals surface area contributed by atoms with E-state index in [2.05, 4.69) is 111 Å². The number of carbonyl (C=O) groups is 1. The van der Waals surface area contributed by atoms with Crippen molar-refractivity contribution >= 4 is 49.2 Å². The van der Waals surface area contributed by atoms with Gasteiger partial charge in [-0.15, -0.1) is 0 Å². The van der Waals surface area contributed by atoms with Crippen LogP contribution in [-0.2, 0) is 19.5 Å². The summed E-state index contributed by atoms with van der Waals surface area (Å²) >= 11 is 3.72. The van der Waals surface area contributed by atoms with Crippen molar-refractivity contribution in [3.63, 3.8) is 0 Å². The maximum absolute atomic E-state index is 13.6. The standard InChI is InChI=1S/C41H39BrN3O2/c1-26-18-36-37(19-27(26)2)45(24-38(46)31-13-12-28-8-4-5-9-29(28)20-31)25-44(36)17-7-16-43-23-32-21-30-14-15-33(42)22-35(30)40(32)34-10-6-11-39(47-3)41(34)43/h4-6,8-15,18-20,22,25,32,40H,7,16-17,21,23-24H2,1-3H3/q+1/t32-,40-/m0/s1. The number of imidazole rings is 1. The van der Waals surface area contributed by atoms with E-state index in [1.807, 2.05) is 30.3 Å². The number of para-hydroxylation sites is 1. The van der Waals surface area contributed by atoms with Crippen LogP contribution in [0.5, 0.6) is 5.75 Å². The molecule has 1 aliphatic carbocycles. The van der Waals surface area contributed by atoms with Gasteiger partial charge in [-0.05, 0) is 101 Å². The van der Waals surface area contributed by atoms with E-state index in [0.29, 0.717) is 18.4 Å². The Labute approximate surface area is 284 Å². The summed E-state index contributed by atoms with van der Waals surface area (Å²) < 4.78 is 11.6. The van der Waals surface area contributed by atoms with E-state index in [4.69, 9.17) is 4.74 Å². The van der Waals surface area contributed by atoms with Crippen molar-refractivity contribution in [3.05, 3.63) is 135 Å². The van der Waals surface area contributed by atoms with Crippen molar-refractivity contribution < 1.29 is 14.1 Å². The van der Waals surface area contributed by atoms with E-state index in [0.717, 1.165) is 64.6 Å². The van der Waals surface area contributed by atoms with Gasteiger partial charge in [-0.3, -0.25) is 4.79 Å². The van der Waals surface area contributed by atoms with E-state index in [-0.39, 0.29) is 5.78 Å². The maximum atomic E-state index is 13.6. The first kappa shape index (κ1) is 29.9. The molecule has 1 aromatic heterocycles. The first-order valence-electron chi connectivity index (χ1n) is 16.6. The van der Waals surface area contributed by atoms with Gasteiger partial charge < -0.3 is 9.64 Å². The van der Waals surface area contributed by atoms with Gasteiger partial charge in [0.2, 0.25) is 12.1 Å². The highest BCUT2D eigenvalue weighted by Crippen LogP contribution is 2.52. The molecule has 0 unspecified atom stereocenters. The molecule has 1 aliphatic heterocycles. The second kappa shape index (κ2) is 12.0. The molecule has 5 aromatic carbocycles. The molecule has 6 heteroatoms. The summed E-state index contributed by atoms with van der Waals surface area (Å²) in [5.74, 6) is 2.00. The molecular formula is C41H39BrN3O2+. The molecule has 2 atom stereocenters. The van der Waals surface area contributed by atoms with Crippen LogP contribution in [0.2, 0.25) is 0 Å². The van der Waals surface area contributed by atoms with Gasteiger partial charge in [-0.25, -0.2) is 9.13 Å². The fourth-order valence-electron chi connectivity index (χ4n) is 8.04. The largest absolute Gasteiger partial charge is 0.495 e. The summed E-state index contributed by atoms with van der Waals surface area (Å²) in [5, 5.41) is 2.24. The van der Waals surface area contributed by atoms with Gasteiger partial charge in [0.1, 0.15) is 5.75 Å². The number of hydrogen-bond acceptors (Lipinski definition) is 3. The van der Waals surface area contributed by atoms with E-state index in [1.54, 1.807) is 7.11 Å². The summed E-state index contributed by atoms with van der Waals surface area (Å²) in [6, 6.07) is 32.1. The predicted octanol–water partition coefficient (Wildman–Crippen LogP) is 8.57. The molecule has 236 valence electrons. The number of carbonyl (C=O) groups excluding carboxylic acids is 1. The minimum absolute atomic E-state index is 0.120. The number of ketones is 1. The molecule has 0 fully saturated rings. The van der Waals surface area contributed by atoms with Crippen molar-refractivity contribution in [3.8, 4) is 5.75 Å². The highest BCUT2D eigenvalue weighted by molar-refractivity contribution is 9.10. The fraction of sp³-hybridized carbons (Fsp3) is 0.268. The number of rotatable bonds is 8. The Kier molecular flexibility index (Phi) is 7.64. The number of benzene rings is 5. The zero-order chi connectivity index (χ0) is 32.2. The smallest absolute Gasteiger partial charge is 0.245 e. The molecule has 2 heterocycles. The third-order valence-electron chi connectivity index (χ3n) is 10.5. The second-order valence-corrected chi connectivity index (χ2v) is 14.2. The van der Waals surface area contributed by atoms with Gasteiger partial charge in [-0.2, -0.15) is 0 Å². The SMILES string of the molecule is COc1cccc2c1N(CCCn1c[n+](CC(=O)c3ccc4ccccc4c3)c3cc(C)c(C)cc31)C[C@@H]1Cc3ccc(Br)cc3[C@H]21. The summed E-state index contributed by atoms with van der Waals surface area (Å²) in [7, 11) is 1.79. The van der Waals surface area contributed by atoms with Crippen molar-refractivity contribution in [1.82, 2.24) is 4.57 Å². The first-order valence-corrected chi connectivity index (χ1v) is 17.4. The molecule has 0 bridgehead atoms. The lowest BCUT2D eigenvalue weighted by Gasteiger charge is -2.39. The van der Waals surface area contributed by atoms with E-state index in [1.165, 1.54) is 39.0 Å². The molecule has 0 amide bonds. The zero-order valence-electron chi connectivity index (χ0n) is 27.2. The lowest BCUT2D eigenvalue weighted by molar-refractivity contribution is -0.658. The number of anilines is 1. The molecule has 6 aromatic rings. The third kappa shape index (κ3) is 5.33. The Morgan fingerprint density at radius 2 is 1.72 bits per heavy atom. The number of nitrogens with zero attached hydrogens (tertiary/aromatic N) is 3. The number of Topliss-reactive ketones (excluding diaryl/α,β-unsaturated/α-hetero) is 1. The van der Waals surface area contributed by atoms with Crippen LogP contribution in [0.3, 0.4) is 0 Å². The quantitative estimate of drug-likeness (QED) is 0.119. The number of methoxy groups -OCH3 is 1. The summed E-state index contributed by atoms with van der Waals surface area (Å²) in [6.45, 7) is 7.42. The lowest BCUT2D eigenvalue weighted by Crippen LogP contribution is -2.38. The predicted molar refractivity (Wildman–Crippen MR) is 193 cm³/mol. The Hall–Kier alpha value is -4.42. The monoisotopic (exact) mass is 684 g/mol. The van der Waals surface area contributed by atoms with Crippen molar-refractivity contribution in [2.75, 3.05) is 25.1 Å². The van der Waals surface area contributed by atoms with Crippen molar-refractivity contribution in [2.24, 2.45) is 5.92 Å². The van der Waals surface area contributed by atoms with Crippen LogP contribution in [0.4, 0.5) is 5.69 Å². The molecule has 0 spiro atoms. The molecule has 2 aliphatic rings. The van der Waals surface area contributed by atoms with Gasteiger partial charge >= 0.3 is 0 Å². The molecule has 47 heavy (non-hydrogen) atoms. The maximum Gasteiger partial charge on any atom is 0.245 e. The second-order valence-electron chi connectivity index (χ2n) is 13.3. The first-order chi connectivity index (χ1) is 22.9.